The number of benzene rings is 2. The number of amides is 1. The van der Waals surface area contributed by atoms with Gasteiger partial charge in [-0.15, -0.1) is 0 Å². The van der Waals surface area contributed by atoms with Crippen LogP contribution in [-0.2, 0) is 4.79 Å². The van der Waals surface area contributed by atoms with Crippen LogP contribution in [0.1, 0.15) is 5.82 Å². The minimum atomic E-state index is -1.13. The van der Waals surface area contributed by atoms with Gasteiger partial charge in [0.15, 0.2) is 17.3 Å². The molecule has 1 aliphatic heterocycles. The monoisotopic (exact) mass is 573 g/mol. The molecule has 214 valence electrons. The molecule has 2 aromatic heterocycles. The lowest BCUT2D eigenvalue weighted by molar-refractivity contribution is -0.111. The lowest BCUT2D eigenvalue weighted by Gasteiger charge is -2.36. The van der Waals surface area contributed by atoms with E-state index < -0.39 is 23.1 Å². The highest BCUT2D eigenvalue weighted by molar-refractivity contribution is 5.99. The number of aliphatic hydroxyl groups excluding tert-OH is 1. The van der Waals surface area contributed by atoms with Gasteiger partial charge in [0.05, 0.1) is 23.7 Å². The Morgan fingerprint density at radius 1 is 1.14 bits per heavy atom. The molecule has 12 nitrogen and oxygen atoms in total. The van der Waals surface area contributed by atoms with Crippen molar-refractivity contribution in [3.63, 3.8) is 0 Å². The summed E-state index contributed by atoms with van der Waals surface area (Å²) in [6, 6.07) is 11.1. The fourth-order valence-electron chi connectivity index (χ4n) is 4.65. The highest BCUT2D eigenvalue weighted by Gasteiger charge is 2.23. The van der Waals surface area contributed by atoms with Crippen molar-refractivity contribution >= 4 is 40.0 Å². The van der Waals surface area contributed by atoms with Gasteiger partial charge in [0, 0.05) is 44.6 Å². The fourth-order valence-corrected chi connectivity index (χ4v) is 4.65. The number of rotatable bonds is 8. The molecule has 1 saturated heterocycles. The summed E-state index contributed by atoms with van der Waals surface area (Å²) >= 11 is 0. The maximum absolute atomic E-state index is 15.2. The summed E-state index contributed by atoms with van der Waals surface area (Å²) < 4.78 is 31.7. The third-order valence-corrected chi connectivity index (χ3v) is 6.72. The molecule has 2 aromatic carbocycles. The minimum absolute atomic E-state index is 0.0190. The summed E-state index contributed by atoms with van der Waals surface area (Å²) in [6.45, 7) is 6.14. The van der Waals surface area contributed by atoms with Crippen LogP contribution in [0.4, 0.5) is 31.8 Å². The summed E-state index contributed by atoms with van der Waals surface area (Å²) in [5.41, 5.74) is -0.157. The number of β-amino-alcohol motifs (C(OH)–C–C–N with tert-alkyl or cyclic N) is 1. The van der Waals surface area contributed by atoms with Gasteiger partial charge in [-0.05, 0) is 36.4 Å². The van der Waals surface area contributed by atoms with Crippen molar-refractivity contribution in [2.75, 3.05) is 54.9 Å². The summed E-state index contributed by atoms with van der Waals surface area (Å²) in [5.74, 6) is -3.07. The molecule has 1 fully saturated rings. The molecule has 14 heteroatoms. The highest BCUT2D eigenvalue weighted by Crippen LogP contribution is 2.29. The number of nitriles is 1. The third kappa shape index (κ3) is 5.64. The Labute approximate surface area is 238 Å². The zero-order chi connectivity index (χ0) is 29.8. The second-order valence-corrected chi connectivity index (χ2v) is 9.30. The van der Waals surface area contributed by atoms with Gasteiger partial charge in [-0.2, -0.15) is 15.2 Å². The number of piperazine rings is 1. The molecule has 1 aliphatic rings. The quantitative estimate of drug-likeness (QED) is 0.268. The lowest BCUT2D eigenvalue weighted by Crippen LogP contribution is -2.47. The molecule has 0 radical (unpaired) electrons. The van der Waals surface area contributed by atoms with Crippen molar-refractivity contribution in [2.45, 2.75) is 0 Å². The second-order valence-electron chi connectivity index (χ2n) is 9.30. The van der Waals surface area contributed by atoms with Gasteiger partial charge in [-0.3, -0.25) is 19.1 Å². The van der Waals surface area contributed by atoms with Crippen molar-refractivity contribution in [2.24, 2.45) is 0 Å². The molecule has 42 heavy (non-hydrogen) atoms. The fraction of sp³-hybridized carbons (Fsp3) is 0.214. The Balaban J connectivity index is 1.50. The maximum atomic E-state index is 15.2. The molecule has 0 unspecified atom stereocenters. The summed E-state index contributed by atoms with van der Waals surface area (Å²) in [7, 11) is 0. The zero-order valence-electron chi connectivity index (χ0n) is 22.2. The zero-order valence-corrected chi connectivity index (χ0v) is 22.2. The first-order valence-electron chi connectivity index (χ1n) is 12.9. The summed E-state index contributed by atoms with van der Waals surface area (Å²) in [6.07, 6.45) is 2.28. The smallest absolute Gasteiger partial charge is 0.284 e. The van der Waals surface area contributed by atoms with Crippen LogP contribution in [0.3, 0.4) is 0 Å². The van der Waals surface area contributed by atoms with Crippen LogP contribution in [0.5, 0.6) is 0 Å². The van der Waals surface area contributed by atoms with Crippen LogP contribution < -0.4 is 21.1 Å². The van der Waals surface area contributed by atoms with Crippen LogP contribution in [0, 0.1) is 23.0 Å². The number of fused-ring (bicyclic) bond motifs is 1. The molecule has 0 spiro atoms. The predicted octanol–water partition coefficient (Wildman–Crippen LogP) is 2.31. The van der Waals surface area contributed by atoms with E-state index in [1.165, 1.54) is 22.9 Å². The van der Waals surface area contributed by atoms with Gasteiger partial charge in [0.25, 0.3) is 5.56 Å². The van der Waals surface area contributed by atoms with Gasteiger partial charge in [0.2, 0.25) is 17.7 Å². The number of halogens is 2. The van der Waals surface area contributed by atoms with E-state index in [1.807, 2.05) is 11.0 Å². The van der Waals surface area contributed by atoms with Crippen LogP contribution in [0.15, 0.2) is 60.0 Å². The molecular weight excluding hydrogens is 548 g/mol. The van der Waals surface area contributed by atoms with E-state index in [1.54, 1.807) is 29.2 Å². The Bertz CT molecular complexity index is 1780. The molecular formula is C28H25F2N9O3. The van der Waals surface area contributed by atoms with Gasteiger partial charge < -0.3 is 20.6 Å². The molecule has 0 aliphatic carbocycles. The molecule has 0 bridgehead atoms. The largest absolute Gasteiger partial charge is 0.395 e. The molecule has 1 amide bonds. The van der Waals surface area contributed by atoms with Crippen molar-refractivity contribution in [3.8, 4) is 11.8 Å². The number of hydrogen-bond donors (Lipinski definition) is 3. The number of nitrogens with zero attached hydrogens (tertiary/aromatic N) is 7. The van der Waals surface area contributed by atoms with E-state index in [0.717, 1.165) is 6.08 Å². The van der Waals surface area contributed by atoms with E-state index >= 15 is 8.78 Å². The average Bonchev–Trinajstić information content (AvgIpc) is 3.00. The van der Waals surface area contributed by atoms with E-state index in [2.05, 4.69) is 32.2 Å². The first kappa shape index (κ1) is 28.3. The summed E-state index contributed by atoms with van der Waals surface area (Å²) in [5, 5.41) is 24.1. The number of aromatic nitrogens is 4. The number of nitrogens with one attached hydrogen (secondary N) is 2. The molecule has 5 rings (SSSR count). The second kappa shape index (κ2) is 12.1. The number of aliphatic hydroxyl groups is 1. The normalized spacial score (nSPS) is 13.5. The van der Waals surface area contributed by atoms with Gasteiger partial charge in [-0.1, -0.05) is 12.6 Å². The Morgan fingerprint density at radius 2 is 1.93 bits per heavy atom. The lowest BCUT2D eigenvalue weighted by atomic mass is 10.2. The average molecular weight is 574 g/mol. The molecule has 3 N–H and O–H groups in total. The van der Waals surface area contributed by atoms with Crippen LogP contribution in [0.2, 0.25) is 0 Å². The topological polar surface area (TPSA) is 152 Å². The molecule has 4 aromatic rings. The Morgan fingerprint density at radius 3 is 2.64 bits per heavy atom. The van der Waals surface area contributed by atoms with E-state index in [9.17, 15) is 14.9 Å². The Kier molecular flexibility index (Phi) is 8.14. The molecule has 0 atom stereocenters. The standard InChI is InChI=1S/C28H25F2N9O3/c1-2-23(41)33-17-4-3-5-18(14-17)39-22(15-31)35-27(42)19-16-32-28(36-26(19)39)34-20-6-7-21(25(30)24(20)29)38-10-8-37(9-11-38)12-13-40/h2-7,14,16,40H,1,8-13H2,(H,33,41)(H,32,34,36). The van der Waals surface area contributed by atoms with Crippen molar-refractivity contribution in [1.82, 2.24) is 24.4 Å². The number of hydrogen-bond acceptors (Lipinski definition) is 10. The number of carbonyl (C=O) groups is 1. The number of anilines is 4. The Hall–Kier alpha value is -5.26. The predicted molar refractivity (Wildman–Crippen MR) is 152 cm³/mol. The number of carbonyl (C=O) groups excluding carboxylic acids is 1. The SMILES string of the molecule is C=CC(=O)Nc1cccc(-n2c(C#N)nc(=O)c3cnc(Nc4ccc(N5CCN(CCO)CC5)c(F)c4F)nc32)c1. The first-order valence-corrected chi connectivity index (χ1v) is 12.9. The van der Waals surface area contributed by atoms with Crippen LogP contribution in [0.25, 0.3) is 16.7 Å². The first-order chi connectivity index (χ1) is 20.3. The molecule has 0 saturated carbocycles. The highest BCUT2D eigenvalue weighted by atomic mass is 19.2. The van der Waals surface area contributed by atoms with Crippen molar-refractivity contribution in [3.05, 3.63) is 83.1 Å². The van der Waals surface area contributed by atoms with E-state index in [4.69, 9.17) is 5.11 Å². The van der Waals surface area contributed by atoms with E-state index in [-0.39, 0.29) is 40.8 Å². The van der Waals surface area contributed by atoms with Gasteiger partial charge in [0.1, 0.15) is 11.5 Å². The maximum Gasteiger partial charge on any atom is 0.284 e. The molecule has 3 heterocycles. The summed E-state index contributed by atoms with van der Waals surface area (Å²) in [4.78, 5) is 40.5. The van der Waals surface area contributed by atoms with Gasteiger partial charge in [-0.25, -0.2) is 13.8 Å². The van der Waals surface area contributed by atoms with Crippen molar-refractivity contribution < 1.29 is 18.7 Å². The van der Waals surface area contributed by atoms with Crippen LogP contribution in [-0.4, -0.2) is 74.8 Å². The van der Waals surface area contributed by atoms with Gasteiger partial charge >= 0.3 is 0 Å². The van der Waals surface area contributed by atoms with E-state index in [0.29, 0.717) is 44.1 Å². The third-order valence-electron chi connectivity index (χ3n) is 6.72. The minimum Gasteiger partial charge on any atom is -0.395 e. The van der Waals surface area contributed by atoms with Crippen LogP contribution >= 0.6 is 0 Å². The van der Waals surface area contributed by atoms with Crippen molar-refractivity contribution in [1.29, 1.82) is 5.26 Å².